The van der Waals surface area contributed by atoms with E-state index >= 15 is 0 Å². The molecular formula is C18H23N9. The molecule has 1 N–H and O–H groups in total. The number of fused-ring (bicyclic) bond motifs is 1. The lowest BCUT2D eigenvalue weighted by Gasteiger charge is -2.36. The van der Waals surface area contributed by atoms with Crippen molar-refractivity contribution in [1.29, 1.82) is 0 Å². The Morgan fingerprint density at radius 1 is 0.704 bits per heavy atom. The van der Waals surface area contributed by atoms with Crippen LogP contribution in [0.1, 0.15) is 19.3 Å². The predicted octanol–water partition coefficient (Wildman–Crippen LogP) is 1.46. The number of nitrogens with zero attached hydrogens (tertiary/aromatic N) is 8. The van der Waals surface area contributed by atoms with Crippen LogP contribution in [0.5, 0.6) is 0 Å². The summed E-state index contributed by atoms with van der Waals surface area (Å²) in [4.78, 5) is 24.7. The quantitative estimate of drug-likeness (QED) is 0.746. The van der Waals surface area contributed by atoms with Crippen LogP contribution in [0, 0.1) is 0 Å². The molecule has 0 amide bonds. The van der Waals surface area contributed by atoms with E-state index in [-0.39, 0.29) is 0 Å². The fourth-order valence-corrected chi connectivity index (χ4v) is 3.96. The normalized spacial score (nSPS) is 18.3. The smallest absolute Gasteiger partial charge is 0.160 e. The Morgan fingerprint density at radius 3 is 2.15 bits per heavy atom. The molecule has 9 nitrogen and oxygen atoms in total. The van der Waals surface area contributed by atoms with E-state index in [0.717, 1.165) is 67.8 Å². The summed E-state index contributed by atoms with van der Waals surface area (Å²) in [6.45, 7) is 5.78. The minimum atomic E-state index is 0.782. The van der Waals surface area contributed by atoms with Gasteiger partial charge in [0.25, 0.3) is 0 Å². The van der Waals surface area contributed by atoms with Gasteiger partial charge in [-0.15, -0.1) is 0 Å². The molecule has 2 fully saturated rings. The van der Waals surface area contributed by atoms with Crippen LogP contribution in [0.4, 0.5) is 17.5 Å². The maximum atomic E-state index is 4.53. The minimum absolute atomic E-state index is 0.782. The van der Waals surface area contributed by atoms with E-state index in [4.69, 9.17) is 0 Å². The van der Waals surface area contributed by atoms with Gasteiger partial charge < -0.3 is 14.7 Å². The molecule has 0 saturated carbocycles. The molecule has 0 atom stereocenters. The van der Waals surface area contributed by atoms with Gasteiger partial charge in [-0.25, -0.2) is 19.9 Å². The Kier molecular flexibility index (Phi) is 4.19. The van der Waals surface area contributed by atoms with Gasteiger partial charge in [0.05, 0.1) is 11.6 Å². The number of H-pyrrole nitrogens is 1. The van der Waals surface area contributed by atoms with Crippen LogP contribution in [0.2, 0.25) is 0 Å². The molecule has 0 spiro atoms. The van der Waals surface area contributed by atoms with E-state index in [2.05, 4.69) is 50.9 Å². The predicted molar refractivity (Wildman–Crippen MR) is 104 cm³/mol. The standard InChI is InChI=1S/C18H23N9/c1-2-4-25(5-3-1)15-10-16(20-12-19-15)26-6-8-27(9-7-26)18-14-11-23-24-17(14)21-13-22-18/h10-13H,1-9H2,(H,21,22,23,24). The average molecular weight is 365 g/mol. The first-order valence-corrected chi connectivity index (χ1v) is 9.59. The van der Waals surface area contributed by atoms with Crippen molar-refractivity contribution in [3.8, 4) is 0 Å². The van der Waals surface area contributed by atoms with E-state index < -0.39 is 0 Å². The number of hydrogen-bond acceptors (Lipinski definition) is 8. The Labute approximate surface area is 157 Å². The first-order valence-electron chi connectivity index (χ1n) is 9.59. The van der Waals surface area contributed by atoms with Gasteiger partial charge in [-0.3, -0.25) is 5.10 Å². The largest absolute Gasteiger partial charge is 0.356 e. The number of nitrogens with one attached hydrogen (secondary N) is 1. The second kappa shape index (κ2) is 6.98. The zero-order valence-corrected chi connectivity index (χ0v) is 15.3. The molecule has 27 heavy (non-hydrogen) atoms. The summed E-state index contributed by atoms with van der Waals surface area (Å²) in [6.07, 6.45) is 8.91. The van der Waals surface area contributed by atoms with Crippen LogP contribution in [0.3, 0.4) is 0 Å². The van der Waals surface area contributed by atoms with Crippen molar-refractivity contribution in [2.24, 2.45) is 0 Å². The number of hydrogen-bond donors (Lipinski definition) is 1. The molecule has 2 saturated heterocycles. The van der Waals surface area contributed by atoms with Crippen molar-refractivity contribution in [1.82, 2.24) is 30.1 Å². The minimum Gasteiger partial charge on any atom is -0.356 e. The van der Waals surface area contributed by atoms with Gasteiger partial charge in [0.15, 0.2) is 5.65 Å². The second-order valence-corrected chi connectivity index (χ2v) is 7.09. The summed E-state index contributed by atoms with van der Waals surface area (Å²) in [5.74, 6) is 3.02. The topological polar surface area (TPSA) is 90.0 Å². The second-order valence-electron chi connectivity index (χ2n) is 7.09. The zero-order chi connectivity index (χ0) is 18.1. The molecule has 5 heterocycles. The van der Waals surface area contributed by atoms with Gasteiger partial charge >= 0.3 is 0 Å². The lowest BCUT2D eigenvalue weighted by atomic mass is 10.1. The van der Waals surface area contributed by atoms with E-state index in [1.54, 1.807) is 18.9 Å². The molecule has 2 aliphatic rings. The Bertz CT molecular complexity index is 910. The maximum Gasteiger partial charge on any atom is 0.160 e. The summed E-state index contributed by atoms with van der Waals surface area (Å²) in [5.41, 5.74) is 0.782. The van der Waals surface area contributed by atoms with Gasteiger partial charge in [0.1, 0.15) is 30.1 Å². The lowest BCUT2D eigenvalue weighted by Crippen LogP contribution is -2.47. The zero-order valence-electron chi connectivity index (χ0n) is 15.3. The SMILES string of the molecule is c1nc(N2CCCCC2)cc(N2CCN(c3ncnc4[nH]ncc34)CC2)n1. The van der Waals surface area contributed by atoms with Gasteiger partial charge in [0, 0.05) is 45.3 Å². The Hall–Kier alpha value is -2.97. The highest BCUT2D eigenvalue weighted by atomic mass is 15.3. The molecular weight excluding hydrogens is 342 g/mol. The van der Waals surface area contributed by atoms with Crippen molar-refractivity contribution in [3.05, 3.63) is 24.9 Å². The van der Waals surface area contributed by atoms with Crippen molar-refractivity contribution in [3.63, 3.8) is 0 Å². The fraction of sp³-hybridized carbons (Fsp3) is 0.500. The van der Waals surface area contributed by atoms with E-state index in [1.807, 2.05) is 0 Å². The Balaban J connectivity index is 1.30. The molecule has 2 aliphatic heterocycles. The summed E-state index contributed by atoms with van der Waals surface area (Å²) in [7, 11) is 0. The van der Waals surface area contributed by atoms with Crippen LogP contribution in [-0.4, -0.2) is 69.4 Å². The van der Waals surface area contributed by atoms with Crippen molar-refractivity contribution < 1.29 is 0 Å². The molecule has 0 aromatic carbocycles. The number of piperidine rings is 1. The molecule has 3 aromatic heterocycles. The van der Waals surface area contributed by atoms with Crippen LogP contribution in [-0.2, 0) is 0 Å². The van der Waals surface area contributed by atoms with Gasteiger partial charge in [0.2, 0.25) is 0 Å². The molecule has 0 bridgehead atoms. The summed E-state index contributed by atoms with van der Waals surface area (Å²) < 4.78 is 0. The van der Waals surface area contributed by atoms with Gasteiger partial charge in [-0.1, -0.05) is 0 Å². The highest BCUT2D eigenvalue weighted by molar-refractivity contribution is 5.86. The first kappa shape index (κ1) is 16.2. The summed E-state index contributed by atoms with van der Waals surface area (Å²) >= 11 is 0. The van der Waals surface area contributed by atoms with Gasteiger partial charge in [-0.2, -0.15) is 5.10 Å². The molecule has 140 valence electrons. The van der Waals surface area contributed by atoms with E-state index in [0.29, 0.717) is 0 Å². The van der Waals surface area contributed by atoms with Crippen molar-refractivity contribution in [2.75, 3.05) is 54.0 Å². The molecule has 5 rings (SSSR count). The number of anilines is 3. The van der Waals surface area contributed by atoms with Crippen LogP contribution < -0.4 is 14.7 Å². The van der Waals surface area contributed by atoms with E-state index in [9.17, 15) is 0 Å². The third-order valence-corrected chi connectivity index (χ3v) is 5.45. The lowest BCUT2D eigenvalue weighted by molar-refractivity contribution is 0.572. The number of rotatable bonds is 3. The first-order chi connectivity index (χ1) is 13.4. The number of piperazine rings is 1. The molecule has 0 unspecified atom stereocenters. The fourth-order valence-electron chi connectivity index (χ4n) is 3.96. The van der Waals surface area contributed by atoms with Crippen LogP contribution in [0.25, 0.3) is 11.0 Å². The molecule has 3 aromatic rings. The third kappa shape index (κ3) is 3.13. The summed E-state index contributed by atoms with van der Waals surface area (Å²) in [5, 5.41) is 7.97. The highest BCUT2D eigenvalue weighted by Gasteiger charge is 2.22. The van der Waals surface area contributed by atoms with Crippen molar-refractivity contribution in [2.45, 2.75) is 19.3 Å². The molecule has 0 radical (unpaired) electrons. The van der Waals surface area contributed by atoms with Gasteiger partial charge in [-0.05, 0) is 19.3 Å². The highest BCUT2D eigenvalue weighted by Crippen LogP contribution is 2.25. The Morgan fingerprint density at radius 2 is 1.37 bits per heavy atom. The van der Waals surface area contributed by atoms with E-state index in [1.165, 1.54) is 19.3 Å². The number of aromatic nitrogens is 6. The van der Waals surface area contributed by atoms with Crippen LogP contribution in [0.15, 0.2) is 24.9 Å². The molecule has 9 heteroatoms. The number of aromatic amines is 1. The van der Waals surface area contributed by atoms with Crippen LogP contribution >= 0.6 is 0 Å². The average Bonchev–Trinajstić information content (AvgIpc) is 3.24. The van der Waals surface area contributed by atoms with Crippen molar-refractivity contribution >= 4 is 28.5 Å². The monoisotopic (exact) mass is 365 g/mol. The molecule has 0 aliphatic carbocycles. The third-order valence-electron chi connectivity index (χ3n) is 5.45. The summed E-state index contributed by atoms with van der Waals surface area (Å²) in [6, 6.07) is 2.14. The maximum absolute atomic E-state index is 4.53.